The van der Waals surface area contributed by atoms with Crippen molar-refractivity contribution < 1.29 is 24.9 Å². The van der Waals surface area contributed by atoms with Crippen LogP contribution in [0, 0.1) is 6.57 Å². The monoisotopic (exact) mass is 427 g/mol. The van der Waals surface area contributed by atoms with E-state index < -0.39 is 46.2 Å². The second-order valence-corrected chi connectivity index (χ2v) is 6.27. The maximum absolute atomic E-state index is 12.1. The lowest BCUT2D eigenvalue weighted by Gasteiger charge is -2.01. The van der Waals surface area contributed by atoms with Gasteiger partial charge in [0.1, 0.15) is 33.5 Å². The number of aromatic amines is 4. The van der Waals surface area contributed by atoms with Gasteiger partial charge in [0.2, 0.25) is 11.7 Å². The Morgan fingerprint density at radius 2 is 1.74 bits per heavy atom. The van der Waals surface area contributed by atoms with Crippen LogP contribution in [0.25, 0.3) is 38.3 Å². The summed E-state index contributed by atoms with van der Waals surface area (Å²) in [6.45, 7) is 8.84. The number of hydrogen-bond donors (Lipinski definition) is 7. The van der Waals surface area contributed by atoms with Crippen LogP contribution >= 0.6 is 0 Å². The summed E-state index contributed by atoms with van der Waals surface area (Å²) in [6, 6.07) is -1.44. The number of benzene rings is 1. The van der Waals surface area contributed by atoms with E-state index in [0.717, 1.165) is 0 Å². The molecule has 0 amide bonds. The maximum Gasteiger partial charge on any atom is 0.398 e. The average Bonchev–Trinajstić information content (AvgIpc) is 3.32. The number of carbonyl (C=O) groups is 1. The highest BCUT2D eigenvalue weighted by molar-refractivity contribution is 6.06. The largest absolute Gasteiger partial charge is 0.504 e. The van der Waals surface area contributed by atoms with Crippen LogP contribution < -0.4 is 11.2 Å². The quantitative estimate of drug-likeness (QED) is 0.134. The van der Waals surface area contributed by atoms with E-state index in [9.17, 15) is 29.7 Å². The lowest BCUT2D eigenvalue weighted by Crippen LogP contribution is -2.23. The topological polar surface area (TPSA) is 214 Å². The fourth-order valence-electron chi connectivity index (χ4n) is 3.08. The smallest absolute Gasteiger partial charge is 0.398 e. The van der Waals surface area contributed by atoms with Crippen molar-refractivity contribution in [3.63, 3.8) is 0 Å². The van der Waals surface area contributed by atoms with Gasteiger partial charge in [0.05, 0.1) is 6.61 Å². The van der Waals surface area contributed by atoms with Gasteiger partial charge in [-0.15, -0.1) is 0 Å². The Labute approximate surface area is 170 Å². The van der Waals surface area contributed by atoms with Crippen molar-refractivity contribution in [2.45, 2.75) is 13.0 Å². The number of carbonyl (C=O) groups excluding carboxylic acids is 1. The molecule has 0 bridgehead atoms. The van der Waals surface area contributed by atoms with Crippen molar-refractivity contribution in [1.29, 1.82) is 0 Å². The summed E-state index contributed by atoms with van der Waals surface area (Å²) in [5.41, 5.74) is -2.95. The highest BCUT2D eigenvalue weighted by Gasteiger charge is 2.33. The van der Waals surface area contributed by atoms with E-state index in [2.05, 4.69) is 24.8 Å². The first-order chi connectivity index (χ1) is 14.8. The maximum atomic E-state index is 12.1. The lowest BCUT2D eigenvalue weighted by molar-refractivity contribution is -0.143. The van der Waals surface area contributed by atoms with E-state index in [0.29, 0.717) is 0 Å². The minimum absolute atomic E-state index is 0.0496. The van der Waals surface area contributed by atoms with Crippen LogP contribution in [0.2, 0.25) is 0 Å². The predicted octanol–water partition coefficient (Wildman–Crippen LogP) is 0.123. The third kappa shape index (κ3) is 2.92. The molecule has 0 saturated carbocycles. The van der Waals surface area contributed by atoms with Crippen molar-refractivity contribution in [3.05, 3.63) is 38.1 Å². The molecule has 0 aliphatic rings. The van der Waals surface area contributed by atoms with Crippen molar-refractivity contribution >= 4 is 28.0 Å². The van der Waals surface area contributed by atoms with Crippen LogP contribution in [0.5, 0.6) is 17.4 Å². The Kier molecular flexibility index (Phi) is 4.35. The van der Waals surface area contributed by atoms with Crippen LogP contribution in [-0.2, 0) is 9.53 Å². The lowest BCUT2D eigenvalue weighted by atomic mass is 10.2. The molecule has 0 saturated heterocycles. The molecule has 31 heavy (non-hydrogen) atoms. The SMILES string of the molecule is [C-]#[N+]C(C(=O)OCC)c1nc2c(O)c3nc(-c4c(O)[nH]c(=O)[nH]c4=O)[nH]c3c(O)c2[nH]1. The number of nitrogens with zero attached hydrogens (tertiary/aromatic N) is 3. The third-order valence-electron chi connectivity index (χ3n) is 4.41. The molecule has 0 radical (unpaired) electrons. The second-order valence-electron chi connectivity index (χ2n) is 6.27. The zero-order valence-electron chi connectivity index (χ0n) is 15.6. The average molecular weight is 427 g/mol. The first-order valence-electron chi connectivity index (χ1n) is 8.69. The van der Waals surface area contributed by atoms with E-state index in [-0.39, 0.29) is 40.3 Å². The Morgan fingerprint density at radius 3 is 2.39 bits per heavy atom. The van der Waals surface area contributed by atoms with Crippen LogP contribution in [0.1, 0.15) is 18.8 Å². The molecule has 4 aromatic rings. The fraction of sp³-hybridized carbons (Fsp3) is 0.176. The second kappa shape index (κ2) is 6.91. The van der Waals surface area contributed by atoms with Gasteiger partial charge in [-0.25, -0.2) is 26.1 Å². The molecule has 1 unspecified atom stereocenters. The van der Waals surface area contributed by atoms with Crippen molar-refractivity contribution in [2.75, 3.05) is 6.61 Å². The Hall–Kier alpha value is -4.80. The molecule has 0 fully saturated rings. The normalized spacial score (nSPS) is 12.1. The molecule has 3 heterocycles. The van der Waals surface area contributed by atoms with Gasteiger partial charge in [-0.1, -0.05) is 0 Å². The number of hydrogen-bond acceptors (Lipinski definition) is 9. The summed E-state index contributed by atoms with van der Waals surface area (Å²) in [6.07, 6.45) is 0. The Morgan fingerprint density at radius 1 is 1.06 bits per heavy atom. The number of phenolic OH excluding ortho intramolecular Hbond substituents is 2. The molecular weight excluding hydrogens is 414 g/mol. The zero-order chi connectivity index (χ0) is 22.4. The molecule has 1 aromatic carbocycles. The van der Waals surface area contributed by atoms with E-state index >= 15 is 0 Å². The van der Waals surface area contributed by atoms with Gasteiger partial charge in [0.25, 0.3) is 5.56 Å². The molecule has 14 nitrogen and oxygen atoms in total. The number of H-pyrrole nitrogens is 4. The first-order valence-corrected chi connectivity index (χ1v) is 8.69. The standard InChI is InChI=1S/C17H13N7O7/c1-3-31-16(29)9(18-2)13-21-7-8(22-13)11(26)6-5(10(7)25)19-12(20-6)4-14(27)23-17(30)24-15(4)28/h9,25-26H,3H2,1H3,(H,19,20)(H,21,22)(H3,23,24,27,28,30). The molecule has 14 heteroatoms. The zero-order valence-corrected chi connectivity index (χ0v) is 15.6. The van der Waals surface area contributed by atoms with Crippen LogP contribution in [-0.4, -0.2) is 57.8 Å². The minimum atomic E-state index is -1.44. The Balaban J connectivity index is 1.93. The predicted molar refractivity (Wildman–Crippen MR) is 103 cm³/mol. The van der Waals surface area contributed by atoms with Crippen molar-refractivity contribution in [1.82, 2.24) is 29.9 Å². The first kappa shape index (κ1) is 19.5. The number of imidazole rings is 2. The summed E-state index contributed by atoms with van der Waals surface area (Å²) in [5.74, 6) is -3.04. The fourth-order valence-corrected chi connectivity index (χ4v) is 3.08. The highest BCUT2D eigenvalue weighted by Crippen LogP contribution is 2.41. The Bertz CT molecular complexity index is 1460. The van der Waals surface area contributed by atoms with Gasteiger partial charge in [-0.3, -0.25) is 19.6 Å². The van der Waals surface area contributed by atoms with Crippen molar-refractivity contribution in [2.24, 2.45) is 0 Å². The van der Waals surface area contributed by atoms with E-state index in [1.165, 1.54) is 0 Å². The number of nitrogens with one attached hydrogen (secondary N) is 4. The molecule has 3 aromatic heterocycles. The van der Waals surface area contributed by atoms with E-state index in [1.54, 1.807) is 6.92 Å². The highest BCUT2D eigenvalue weighted by atomic mass is 16.5. The van der Waals surface area contributed by atoms with Gasteiger partial charge in [-0.2, -0.15) is 0 Å². The van der Waals surface area contributed by atoms with Gasteiger partial charge >= 0.3 is 17.7 Å². The summed E-state index contributed by atoms with van der Waals surface area (Å²) in [5, 5.41) is 31.2. The molecule has 158 valence electrons. The van der Waals surface area contributed by atoms with E-state index in [1.807, 2.05) is 9.97 Å². The van der Waals surface area contributed by atoms with Crippen molar-refractivity contribution in [3.8, 4) is 28.8 Å². The number of ether oxygens (including phenoxy) is 1. The van der Waals surface area contributed by atoms with Gasteiger partial charge in [0, 0.05) is 0 Å². The number of phenols is 2. The van der Waals surface area contributed by atoms with Crippen LogP contribution in [0.15, 0.2) is 9.59 Å². The van der Waals surface area contributed by atoms with E-state index in [4.69, 9.17) is 11.3 Å². The molecule has 1 atom stereocenters. The van der Waals surface area contributed by atoms with Gasteiger partial charge < -0.3 is 30.0 Å². The van der Waals surface area contributed by atoms with Crippen LogP contribution in [0.3, 0.4) is 0 Å². The summed E-state index contributed by atoms with van der Waals surface area (Å²) in [7, 11) is 0. The molecule has 7 N–H and O–H groups in total. The number of aromatic nitrogens is 6. The summed E-state index contributed by atoms with van der Waals surface area (Å²) < 4.78 is 4.83. The number of aromatic hydroxyl groups is 3. The van der Waals surface area contributed by atoms with Gasteiger partial charge in [-0.05, 0) is 6.92 Å². The third-order valence-corrected chi connectivity index (χ3v) is 4.41. The molecule has 0 aliphatic carbocycles. The summed E-state index contributed by atoms with van der Waals surface area (Å²) in [4.78, 5) is 55.6. The number of esters is 1. The minimum Gasteiger partial charge on any atom is -0.504 e. The molecule has 4 rings (SSSR count). The number of rotatable bonds is 4. The van der Waals surface area contributed by atoms with Crippen LogP contribution in [0.4, 0.5) is 0 Å². The summed E-state index contributed by atoms with van der Waals surface area (Å²) >= 11 is 0. The molecule has 0 spiro atoms. The molecule has 0 aliphatic heterocycles. The molecular formula is C17H13N7O7. The number of fused-ring (bicyclic) bond motifs is 2. The van der Waals surface area contributed by atoms with Gasteiger partial charge in [0.15, 0.2) is 11.5 Å².